The largest absolute Gasteiger partial charge is 0.350 e. The van der Waals surface area contributed by atoms with Crippen molar-refractivity contribution in [2.24, 2.45) is 0 Å². The highest BCUT2D eigenvalue weighted by atomic mass is 32.2. The van der Waals surface area contributed by atoms with E-state index in [1.165, 1.54) is 0 Å². The van der Waals surface area contributed by atoms with Crippen molar-refractivity contribution in [1.82, 2.24) is 25.3 Å². The van der Waals surface area contributed by atoms with Gasteiger partial charge in [-0.15, -0.1) is 10.2 Å². The minimum absolute atomic E-state index is 0.0924. The van der Waals surface area contributed by atoms with Crippen molar-refractivity contribution in [3.05, 3.63) is 23.0 Å². The molecule has 0 aliphatic rings. The Morgan fingerprint density at radius 3 is 2.95 bits per heavy atom. The Morgan fingerprint density at radius 1 is 1.50 bits per heavy atom. The normalized spacial score (nSPS) is 11.0. The Morgan fingerprint density at radius 2 is 2.30 bits per heavy atom. The molecule has 8 heteroatoms. The molecule has 0 unspecified atom stereocenters. The molecule has 2 aromatic heterocycles. The maximum absolute atomic E-state index is 12.0. The number of hydrogen-bond donors (Lipinski definition) is 1. The molecular weight excluding hydrogens is 294 g/mol. The number of thioether (sulfide) groups is 1. The summed E-state index contributed by atoms with van der Waals surface area (Å²) in [5.41, 5.74) is 0.594. The van der Waals surface area contributed by atoms with Crippen LogP contribution >= 0.6 is 23.1 Å². The number of carbonyl (C=O) groups is 1. The Labute approximate surface area is 126 Å². The molecule has 0 aliphatic heterocycles. The second-order valence-electron chi connectivity index (χ2n) is 4.45. The maximum atomic E-state index is 12.0. The minimum atomic E-state index is -0.0924. The van der Waals surface area contributed by atoms with Crippen LogP contribution in [0.5, 0.6) is 0 Å². The molecule has 0 radical (unpaired) electrons. The standard InChI is InChI=1S/C12H17N5OS2/c1-8(2)17-10(4-5-14-17)11(18)13-6-7-19-12-16-15-9(3)20-12/h4-5,8H,6-7H2,1-3H3,(H,13,18). The van der Waals surface area contributed by atoms with Crippen molar-refractivity contribution in [3.8, 4) is 0 Å². The number of hydrogen-bond acceptors (Lipinski definition) is 6. The van der Waals surface area contributed by atoms with Gasteiger partial charge < -0.3 is 5.32 Å². The molecule has 0 bridgehead atoms. The third kappa shape index (κ3) is 3.80. The van der Waals surface area contributed by atoms with Gasteiger partial charge in [-0.2, -0.15) is 5.10 Å². The second kappa shape index (κ2) is 6.85. The summed E-state index contributed by atoms with van der Waals surface area (Å²) in [6, 6.07) is 1.90. The van der Waals surface area contributed by atoms with Gasteiger partial charge in [0.15, 0.2) is 4.34 Å². The van der Waals surface area contributed by atoms with Crippen molar-refractivity contribution in [1.29, 1.82) is 0 Å². The molecule has 0 fully saturated rings. The molecule has 0 saturated carbocycles. The van der Waals surface area contributed by atoms with Gasteiger partial charge in [0.2, 0.25) is 0 Å². The van der Waals surface area contributed by atoms with Crippen LogP contribution in [0.3, 0.4) is 0 Å². The van der Waals surface area contributed by atoms with E-state index in [9.17, 15) is 4.79 Å². The predicted octanol–water partition coefficient (Wildman–Crippen LogP) is 2.15. The maximum Gasteiger partial charge on any atom is 0.269 e. The number of carbonyl (C=O) groups excluding carboxylic acids is 1. The first-order chi connectivity index (χ1) is 9.58. The first kappa shape index (κ1) is 15.0. The van der Waals surface area contributed by atoms with Gasteiger partial charge in [-0.25, -0.2) is 0 Å². The summed E-state index contributed by atoms with van der Waals surface area (Å²) in [6.07, 6.45) is 1.65. The van der Waals surface area contributed by atoms with Crippen LogP contribution in [0.25, 0.3) is 0 Å². The van der Waals surface area contributed by atoms with Crippen LogP contribution in [0.15, 0.2) is 16.6 Å². The van der Waals surface area contributed by atoms with Crippen molar-refractivity contribution in [2.45, 2.75) is 31.2 Å². The van der Waals surface area contributed by atoms with E-state index in [0.29, 0.717) is 12.2 Å². The molecule has 0 aliphatic carbocycles. The molecule has 2 aromatic rings. The van der Waals surface area contributed by atoms with E-state index in [-0.39, 0.29) is 11.9 Å². The number of rotatable bonds is 6. The van der Waals surface area contributed by atoms with E-state index in [4.69, 9.17) is 0 Å². The molecule has 1 N–H and O–H groups in total. The lowest BCUT2D eigenvalue weighted by Gasteiger charge is -2.10. The van der Waals surface area contributed by atoms with Crippen LogP contribution in [-0.2, 0) is 0 Å². The van der Waals surface area contributed by atoms with Crippen LogP contribution in [0.4, 0.5) is 0 Å². The number of amides is 1. The Balaban J connectivity index is 1.79. The molecule has 20 heavy (non-hydrogen) atoms. The van der Waals surface area contributed by atoms with Crippen LogP contribution in [-0.4, -0.2) is 38.2 Å². The molecule has 0 atom stereocenters. The third-order valence-corrected chi connectivity index (χ3v) is 4.49. The van der Waals surface area contributed by atoms with Gasteiger partial charge in [-0.1, -0.05) is 23.1 Å². The number of aromatic nitrogens is 4. The number of aryl methyl sites for hydroxylation is 1. The monoisotopic (exact) mass is 311 g/mol. The molecule has 108 valence electrons. The van der Waals surface area contributed by atoms with Crippen molar-refractivity contribution in [2.75, 3.05) is 12.3 Å². The van der Waals surface area contributed by atoms with Gasteiger partial charge in [0.25, 0.3) is 5.91 Å². The highest BCUT2D eigenvalue weighted by Gasteiger charge is 2.13. The van der Waals surface area contributed by atoms with Gasteiger partial charge in [-0.05, 0) is 26.8 Å². The molecule has 1 amide bonds. The minimum Gasteiger partial charge on any atom is -0.350 e. The zero-order valence-electron chi connectivity index (χ0n) is 11.7. The van der Waals surface area contributed by atoms with E-state index in [0.717, 1.165) is 15.1 Å². The summed E-state index contributed by atoms with van der Waals surface area (Å²) in [5.74, 6) is 0.682. The quantitative estimate of drug-likeness (QED) is 0.653. The predicted molar refractivity (Wildman–Crippen MR) is 80.3 cm³/mol. The van der Waals surface area contributed by atoms with Crippen molar-refractivity contribution >= 4 is 29.0 Å². The van der Waals surface area contributed by atoms with Crippen LogP contribution in [0, 0.1) is 6.92 Å². The average molecular weight is 311 g/mol. The third-order valence-electron chi connectivity index (χ3n) is 2.51. The fourth-order valence-electron chi connectivity index (χ4n) is 1.64. The first-order valence-corrected chi connectivity index (χ1v) is 8.12. The summed E-state index contributed by atoms with van der Waals surface area (Å²) in [7, 11) is 0. The lowest BCUT2D eigenvalue weighted by molar-refractivity contribution is 0.0943. The van der Waals surface area contributed by atoms with Gasteiger partial charge >= 0.3 is 0 Å². The molecule has 0 saturated heterocycles. The topological polar surface area (TPSA) is 72.7 Å². The zero-order valence-corrected chi connectivity index (χ0v) is 13.3. The Kier molecular flexibility index (Phi) is 5.13. The molecular formula is C12H17N5OS2. The van der Waals surface area contributed by atoms with Crippen LogP contribution in [0.2, 0.25) is 0 Å². The lowest BCUT2D eigenvalue weighted by atomic mass is 10.3. The second-order valence-corrected chi connectivity index (χ2v) is 6.97. The van der Waals surface area contributed by atoms with Gasteiger partial charge in [0.1, 0.15) is 10.7 Å². The SMILES string of the molecule is Cc1nnc(SCCNC(=O)c2ccnn2C(C)C)s1. The van der Waals surface area contributed by atoms with Crippen molar-refractivity contribution < 1.29 is 4.79 Å². The first-order valence-electron chi connectivity index (χ1n) is 6.32. The number of nitrogens with one attached hydrogen (secondary N) is 1. The summed E-state index contributed by atoms with van der Waals surface area (Å²) in [4.78, 5) is 12.0. The van der Waals surface area contributed by atoms with Crippen LogP contribution < -0.4 is 5.32 Å². The van der Waals surface area contributed by atoms with E-state index in [1.54, 1.807) is 40.0 Å². The van der Waals surface area contributed by atoms with E-state index < -0.39 is 0 Å². The van der Waals surface area contributed by atoms with Crippen LogP contribution in [0.1, 0.15) is 35.4 Å². The Bertz CT molecular complexity index is 578. The molecule has 2 heterocycles. The van der Waals surface area contributed by atoms with E-state index in [1.807, 2.05) is 20.8 Å². The van der Waals surface area contributed by atoms with Gasteiger partial charge in [-0.3, -0.25) is 9.48 Å². The van der Waals surface area contributed by atoms with E-state index >= 15 is 0 Å². The smallest absolute Gasteiger partial charge is 0.269 e. The highest BCUT2D eigenvalue weighted by molar-refractivity contribution is 8.01. The fraction of sp³-hybridized carbons (Fsp3) is 0.500. The molecule has 0 spiro atoms. The van der Waals surface area contributed by atoms with E-state index in [2.05, 4.69) is 20.6 Å². The summed E-state index contributed by atoms with van der Waals surface area (Å²) < 4.78 is 2.65. The fourth-order valence-corrected chi connectivity index (χ4v) is 3.38. The Hall–Kier alpha value is -1.41. The van der Waals surface area contributed by atoms with Gasteiger partial charge in [0.05, 0.1) is 0 Å². The molecule has 0 aromatic carbocycles. The summed E-state index contributed by atoms with van der Waals surface area (Å²) in [6.45, 7) is 6.51. The highest BCUT2D eigenvalue weighted by Crippen LogP contribution is 2.20. The molecule has 6 nitrogen and oxygen atoms in total. The van der Waals surface area contributed by atoms with Crippen molar-refractivity contribution in [3.63, 3.8) is 0 Å². The summed E-state index contributed by atoms with van der Waals surface area (Å²) in [5, 5.41) is 16.0. The average Bonchev–Trinajstić information content (AvgIpc) is 3.03. The molecule has 2 rings (SSSR count). The summed E-state index contributed by atoms with van der Waals surface area (Å²) >= 11 is 3.16. The van der Waals surface area contributed by atoms with Gasteiger partial charge in [0, 0.05) is 24.5 Å². The lowest BCUT2D eigenvalue weighted by Crippen LogP contribution is -2.28. The zero-order chi connectivity index (χ0) is 14.5. The number of nitrogens with zero attached hydrogens (tertiary/aromatic N) is 4.